The number of pyridine rings is 1. The zero-order valence-corrected chi connectivity index (χ0v) is 13.9. The maximum atomic E-state index is 5.51. The van der Waals surface area contributed by atoms with Gasteiger partial charge in [-0.05, 0) is 37.9 Å². The molecule has 0 bridgehead atoms. The third-order valence-electron chi connectivity index (χ3n) is 5.08. The largest absolute Gasteiger partial charge is 0.339 e. The number of aromatic nitrogens is 5. The fourth-order valence-electron chi connectivity index (χ4n) is 3.53. The zero-order valence-electron chi connectivity index (χ0n) is 13.9. The number of rotatable bonds is 5. The molecule has 1 aliphatic heterocycles. The summed E-state index contributed by atoms with van der Waals surface area (Å²) in [7, 11) is 0. The molecule has 1 saturated heterocycles. The van der Waals surface area contributed by atoms with Crippen molar-refractivity contribution in [1.29, 1.82) is 0 Å². The van der Waals surface area contributed by atoms with Gasteiger partial charge in [0.15, 0.2) is 5.82 Å². The van der Waals surface area contributed by atoms with Crippen LogP contribution < -0.4 is 0 Å². The highest BCUT2D eigenvalue weighted by atomic mass is 16.5. The normalized spacial score (nSPS) is 21.0. The van der Waals surface area contributed by atoms with E-state index in [1.165, 1.54) is 18.4 Å². The van der Waals surface area contributed by atoms with Crippen LogP contribution in [0.4, 0.5) is 0 Å². The van der Waals surface area contributed by atoms with Crippen LogP contribution in [0, 0.1) is 0 Å². The van der Waals surface area contributed by atoms with Crippen molar-refractivity contribution < 1.29 is 4.52 Å². The molecular weight excluding hydrogens is 316 g/mol. The highest BCUT2D eigenvalue weighted by molar-refractivity contribution is 5.61. The number of nitrogens with zero attached hydrogens (tertiary/aromatic N) is 5. The summed E-state index contributed by atoms with van der Waals surface area (Å²) in [4.78, 5) is 11.2. The quantitative estimate of drug-likeness (QED) is 0.771. The molecule has 3 aromatic heterocycles. The third kappa shape index (κ3) is 2.95. The topological polar surface area (TPSA) is 83.7 Å². The Bertz CT molecular complexity index is 853. The summed E-state index contributed by atoms with van der Waals surface area (Å²) in [5.41, 5.74) is 3.31. The fourth-order valence-corrected chi connectivity index (χ4v) is 3.53. The number of nitrogens with one attached hydrogen (secondary N) is 1. The van der Waals surface area contributed by atoms with Crippen LogP contribution in [0.2, 0.25) is 0 Å². The number of hydrogen-bond donors (Lipinski definition) is 1. The van der Waals surface area contributed by atoms with Gasteiger partial charge in [-0.1, -0.05) is 5.16 Å². The van der Waals surface area contributed by atoms with E-state index in [4.69, 9.17) is 4.52 Å². The molecular formula is C18H20N6O. The minimum absolute atomic E-state index is 0.341. The van der Waals surface area contributed by atoms with Crippen molar-refractivity contribution in [3.63, 3.8) is 0 Å². The lowest BCUT2D eigenvalue weighted by atomic mass is 10.1. The monoisotopic (exact) mass is 336 g/mol. The molecule has 0 radical (unpaired) electrons. The molecule has 0 unspecified atom stereocenters. The van der Waals surface area contributed by atoms with Crippen molar-refractivity contribution in [2.24, 2.45) is 0 Å². The van der Waals surface area contributed by atoms with E-state index < -0.39 is 0 Å². The molecule has 3 aromatic rings. The Morgan fingerprint density at radius 1 is 1.20 bits per heavy atom. The van der Waals surface area contributed by atoms with Gasteiger partial charge in [0.1, 0.15) is 0 Å². The van der Waals surface area contributed by atoms with Gasteiger partial charge in [0.2, 0.25) is 5.89 Å². The molecule has 0 spiro atoms. The standard InChI is InChI=1S/C18H20N6O/c1-2-13(8-19-6-1)16-15(9-20-22-16)11-24-7-5-14(10-24)18-21-17(23-25-18)12-3-4-12/h1-2,6,8-9,12,14H,3-5,7,10-11H2,(H,20,22)/t14-/m0/s1. The second kappa shape index (κ2) is 6.07. The summed E-state index contributed by atoms with van der Waals surface area (Å²) in [5, 5.41) is 11.5. The molecule has 0 amide bonds. The SMILES string of the molecule is c1cncc(-c2[nH]ncc2CN2CC[C@H](c3nc(C4CC4)no3)C2)c1. The molecule has 1 N–H and O–H groups in total. The van der Waals surface area contributed by atoms with Crippen molar-refractivity contribution in [2.75, 3.05) is 13.1 Å². The molecule has 4 heterocycles. The van der Waals surface area contributed by atoms with Crippen LogP contribution in [0.25, 0.3) is 11.3 Å². The summed E-state index contributed by atoms with van der Waals surface area (Å²) in [6.45, 7) is 2.84. The molecule has 25 heavy (non-hydrogen) atoms. The van der Waals surface area contributed by atoms with Crippen molar-refractivity contribution >= 4 is 0 Å². The second-order valence-corrected chi connectivity index (χ2v) is 7.00. The summed E-state index contributed by atoms with van der Waals surface area (Å²) in [6.07, 6.45) is 9.02. The predicted octanol–water partition coefficient (Wildman–Crippen LogP) is 2.72. The Hall–Kier alpha value is -2.54. The first kappa shape index (κ1) is 14.8. The van der Waals surface area contributed by atoms with Gasteiger partial charge in [-0.25, -0.2) is 0 Å². The lowest BCUT2D eigenvalue weighted by Gasteiger charge is -2.15. The number of likely N-dealkylation sites (tertiary alicyclic amines) is 1. The summed E-state index contributed by atoms with van der Waals surface area (Å²) >= 11 is 0. The van der Waals surface area contributed by atoms with Crippen LogP contribution in [-0.4, -0.2) is 43.3 Å². The van der Waals surface area contributed by atoms with E-state index in [9.17, 15) is 0 Å². The molecule has 1 saturated carbocycles. The molecule has 1 atom stereocenters. The average molecular weight is 336 g/mol. The Kier molecular flexibility index (Phi) is 3.59. The molecule has 7 nitrogen and oxygen atoms in total. The molecule has 2 aliphatic rings. The summed E-state index contributed by atoms with van der Waals surface area (Å²) in [5.74, 6) is 2.60. The first-order valence-corrected chi connectivity index (χ1v) is 8.85. The van der Waals surface area contributed by atoms with Gasteiger partial charge in [0.05, 0.1) is 17.8 Å². The van der Waals surface area contributed by atoms with Crippen LogP contribution in [-0.2, 0) is 6.54 Å². The zero-order chi connectivity index (χ0) is 16.6. The van der Waals surface area contributed by atoms with Gasteiger partial charge in [0, 0.05) is 42.5 Å². The van der Waals surface area contributed by atoms with Gasteiger partial charge in [-0.2, -0.15) is 10.1 Å². The minimum atomic E-state index is 0.341. The summed E-state index contributed by atoms with van der Waals surface area (Å²) < 4.78 is 5.51. The van der Waals surface area contributed by atoms with Gasteiger partial charge in [-0.3, -0.25) is 15.0 Å². The summed E-state index contributed by atoms with van der Waals surface area (Å²) in [6, 6.07) is 3.99. The van der Waals surface area contributed by atoms with E-state index in [1.807, 2.05) is 18.5 Å². The van der Waals surface area contributed by atoms with E-state index in [-0.39, 0.29) is 0 Å². The fraction of sp³-hybridized carbons (Fsp3) is 0.444. The molecule has 1 aliphatic carbocycles. The van der Waals surface area contributed by atoms with E-state index >= 15 is 0 Å². The maximum absolute atomic E-state index is 5.51. The van der Waals surface area contributed by atoms with Crippen LogP contribution >= 0.6 is 0 Å². The molecule has 5 rings (SSSR count). The minimum Gasteiger partial charge on any atom is -0.339 e. The van der Waals surface area contributed by atoms with E-state index in [2.05, 4.69) is 36.3 Å². The maximum Gasteiger partial charge on any atom is 0.231 e. The van der Waals surface area contributed by atoms with Crippen LogP contribution in [0.1, 0.15) is 48.4 Å². The number of H-pyrrole nitrogens is 1. The predicted molar refractivity (Wildman–Crippen MR) is 90.7 cm³/mol. The number of hydrogen-bond acceptors (Lipinski definition) is 6. The van der Waals surface area contributed by atoms with Crippen molar-refractivity contribution in [3.05, 3.63) is 48.0 Å². The van der Waals surface area contributed by atoms with Crippen molar-refractivity contribution in [2.45, 2.75) is 37.6 Å². The van der Waals surface area contributed by atoms with E-state index in [0.717, 1.165) is 49.0 Å². The molecule has 7 heteroatoms. The Morgan fingerprint density at radius 3 is 3.00 bits per heavy atom. The second-order valence-electron chi connectivity index (χ2n) is 7.00. The Labute approximate surface area is 145 Å². The van der Waals surface area contributed by atoms with Crippen LogP contribution in [0.15, 0.2) is 35.2 Å². The first-order chi connectivity index (χ1) is 12.4. The molecule has 2 fully saturated rings. The van der Waals surface area contributed by atoms with E-state index in [1.54, 1.807) is 6.20 Å². The highest BCUT2D eigenvalue weighted by Gasteiger charge is 2.33. The molecule has 128 valence electrons. The Morgan fingerprint density at radius 2 is 2.16 bits per heavy atom. The first-order valence-electron chi connectivity index (χ1n) is 8.85. The third-order valence-corrected chi connectivity index (χ3v) is 5.08. The Balaban J connectivity index is 1.27. The van der Waals surface area contributed by atoms with Crippen molar-refractivity contribution in [1.82, 2.24) is 30.2 Å². The smallest absolute Gasteiger partial charge is 0.231 e. The van der Waals surface area contributed by atoms with Gasteiger partial charge in [0.25, 0.3) is 0 Å². The lowest BCUT2D eigenvalue weighted by molar-refractivity contribution is 0.309. The van der Waals surface area contributed by atoms with Gasteiger partial charge < -0.3 is 4.52 Å². The van der Waals surface area contributed by atoms with Crippen LogP contribution in [0.3, 0.4) is 0 Å². The van der Waals surface area contributed by atoms with Crippen LogP contribution in [0.5, 0.6) is 0 Å². The van der Waals surface area contributed by atoms with Crippen molar-refractivity contribution in [3.8, 4) is 11.3 Å². The van der Waals surface area contributed by atoms with E-state index in [0.29, 0.717) is 11.8 Å². The highest BCUT2D eigenvalue weighted by Crippen LogP contribution is 2.39. The van der Waals surface area contributed by atoms with Gasteiger partial charge in [-0.15, -0.1) is 0 Å². The molecule has 0 aromatic carbocycles. The number of aromatic amines is 1. The lowest BCUT2D eigenvalue weighted by Crippen LogP contribution is -2.20. The van der Waals surface area contributed by atoms with Gasteiger partial charge >= 0.3 is 0 Å². The average Bonchev–Trinajstić information content (AvgIpc) is 3.05.